The summed E-state index contributed by atoms with van der Waals surface area (Å²) >= 11 is 11.1. The highest BCUT2D eigenvalue weighted by Crippen LogP contribution is 2.40. The van der Waals surface area contributed by atoms with E-state index in [-0.39, 0.29) is 17.7 Å². The Kier molecular flexibility index (Phi) is 7.49. The molecule has 7 nitrogen and oxygen atoms in total. The Morgan fingerprint density at radius 1 is 1.23 bits per heavy atom. The van der Waals surface area contributed by atoms with Gasteiger partial charge in [-0.2, -0.15) is 0 Å². The van der Waals surface area contributed by atoms with Gasteiger partial charge in [-0.3, -0.25) is 9.36 Å². The second kappa shape index (κ2) is 10.4. The van der Waals surface area contributed by atoms with E-state index in [4.69, 9.17) is 25.8 Å². The van der Waals surface area contributed by atoms with E-state index in [1.54, 1.807) is 38.1 Å². The van der Waals surface area contributed by atoms with Crippen molar-refractivity contribution in [2.45, 2.75) is 19.9 Å². The van der Waals surface area contributed by atoms with Crippen molar-refractivity contribution in [1.29, 1.82) is 0 Å². The van der Waals surface area contributed by atoms with Crippen LogP contribution in [0.1, 0.15) is 31.0 Å². The summed E-state index contributed by atoms with van der Waals surface area (Å²) in [6.45, 7) is 3.65. The molecule has 0 unspecified atom stereocenters. The summed E-state index contributed by atoms with van der Waals surface area (Å²) in [4.78, 5) is 31.9. The van der Waals surface area contributed by atoms with Crippen LogP contribution in [0.3, 0.4) is 0 Å². The summed E-state index contributed by atoms with van der Waals surface area (Å²) in [6, 6.07) is 9.96. The zero-order valence-corrected chi connectivity index (χ0v) is 22.6. The second-order valence-electron chi connectivity index (χ2n) is 7.55. The van der Waals surface area contributed by atoms with E-state index >= 15 is 0 Å². The molecule has 4 rings (SSSR count). The molecule has 35 heavy (non-hydrogen) atoms. The summed E-state index contributed by atoms with van der Waals surface area (Å²) < 4.78 is 18.9. The lowest BCUT2D eigenvalue weighted by Crippen LogP contribution is -2.40. The molecule has 0 saturated carbocycles. The van der Waals surface area contributed by atoms with Crippen molar-refractivity contribution in [3.8, 4) is 11.5 Å². The lowest BCUT2D eigenvalue weighted by atomic mass is 9.95. The normalized spacial score (nSPS) is 15.5. The molecule has 182 valence electrons. The highest BCUT2D eigenvalue weighted by atomic mass is 79.9. The molecule has 0 amide bonds. The summed E-state index contributed by atoms with van der Waals surface area (Å²) in [5, 5.41) is 0.529. The lowest BCUT2D eigenvalue weighted by molar-refractivity contribution is -0.139. The van der Waals surface area contributed by atoms with E-state index in [9.17, 15) is 9.59 Å². The Labute approximate surface area is 219 Å². The molecule has 1 aliphatic heterocycles. The SMILES string of the molecule is CCOC(=O)C1=C(C)N=c2s/c(=C/c3ccccc3Cl)c(=O)n2[C@@H]1c1cc(OC)c(OC)cc1Br. The first kappa shape index (κ1) is 25.2. The standard InChI is InChI=1S/C25H22BrClN2O5S/c1-5-34-24(31)21-13(2)28-25-29(22(21)15-11-18(32-3)19(33-4)12-16(15)26)23(30)20(35-25)10-14-8-6-7-9-17(14)27/h6-12,22H,5H2,1-4H3/b20-10+/t22-/m1/s1. The van der Waals surface area contributed by atoms with Crippen LogP contribution < -0.4 is 24.4 Å². The maximum atomic E-state index is 13.7. The fourth-order valence-corrected chi connectivity index (χ4v) is 5.67. The molecular formula is C25H22BrClN2O5S. The Bertz CT molecular complexity index is 1530. The van der Waals surface area contributed by atoms with Crippen LogP contribution in [0.4, 0.5) is 0 Å². The van der Waals surface area contributed by atoms with E-state index in [1.165, 1.54) is 30.1 Å². The number of thiazole rings is 1. The number of esters is 1. The molecule has 0 aliphatic carbocycles. The molecule has 3 aromatic rings. The molecule has 0 fully saturated rings. The molecule has 0 bridgehead atoms. The number of halogens is 2. The van der Waals surface area contributed by atoms with Gasteiger partial charge in [-0.1, -0.05) is 57.1 Å². The molecule has 0 N–H and O–H groups in total. The molecule has 1 atom stereocenters. The minimum absolute atomic E-state index is 0.187. The van der Waals surface area contributed by atoms with Crippen molar-refractivity contribution in [1.82, 2.24) is 4.57 Å². The number of benzene rings is 2. The van der Waals surface area contributed by atoms with Gasteiger partial charge in [0.15, 0.2) is 16.3 Å². The van der Waals surface area contributed by atoms with Crippen LogP contribution in [-0.2, 0) is 9.53 Å². The molecular weight excluding hydrogens is 556 g/mol. The lowest BCUT2D eigenvalue weighted by Gasteiger charge is -2.26. The van der Waals surface area contributed by atoms with Gasteiger partial charge in [-0.15, -0.1) is 0 Å². The second-order valence-corrected chi connectivity index (χ2v) is 9.82. The fourth-order valence-electron chi connectivity index (χ4n) is 3.90. The largest absolute Gasteiger partial charge is 0.493 e. The summed E-state index contributed by atoms with van der Waals surface area (Å²) in [6.07, 6.45) is 1.73. The number of ether oxygens (including phenoxy) is 3. The van der Waals surface area contributed by atoms with E-state index in [1.807, 2.05) is 18.2 Å². The first-order chi connectivity index (χ1) is 16.8. The minimum atomic E-state index is -0.798. The topological polar surface area (TPSA) is 79.1 Å². The molecule has 0 spiro atoms. The molecule has 0 saturated heterocycles. The van der Waals surface area contributed by atoms with Crippen molar-refractivity contribution < 1.29 is 19.0 Å². The number of nitrogens with zero attached hydrogens (tertiary/aromatic N) is 2. The molecule has 0 radical (unpaired) electrons. The number of hydrogen-bond donors (Lipinski definition) is 0. The highest BCUT2D eigenvalue weighted by molar-refractivity contribution is 9.10. The summed E-state index contributed by atoms with van der Waals surface area (Å²) in [5.41, 5.74) is 1.79. The van der Waals surface area contributed by atoms with Crippen LogP contribution in [0, 0.1) is 0 Å². The van der Waals surface area contributed by atoms with E-state index in [0.29, 0.717) is 47.2 Å². The summed E-state index contributed by atoms with van der Waals surface area (Å²) in [7, 11) is 3.06. The molecule has 1 aliphatic rings. The summed E-state index contributed by atoms with van der Waals surface area (Å²) in [5.74, 6) is 0.426. The van der Waals surface area contributed by atoms with Gasteiger partial charge in [0.05, 0.1) is 42.7 Å². The van der Waals surface area contributed by atoms with E-state index in [2.05, 4.69) is 20.9 Å². The quantitative estimate of drug-likeness (QED) is 0.410. The minimum Gasteiger partial charge on any atom is -0.493 e. The Balaban J connectivity index is 2.03. The number of allylic oxidation sites excluding steroid dienone is 1. The molecule has 10 heteroatoms. The molecule has 2 aromatic carbocycles. The van der Waals surface area contributed by atoms with E-state index in [0.717, 1.165) is 0 Å². The Morgan fingerprint density at radius 2 is 1.91 bits per heavy atom. The molecule has 2 heterocycles. The van der Waals surface area contributed by atoms with Crippen LogP contribution in [0.2, 0.25) is 5.02 Å². The average molecular weight is 578 g/mol. The van der Waals surface area contributed by atoms with Gasteiger partial charge in [0.1, 0.15) is 0 Å². The number of carbonyl (C=O) groups is 1. The Hall–Kier alpha value is -2.88. The van der Waals surface area contributed by atoms with Gasteiger partial charge in [0, 0.05) is 9.50 Å². The maximum Gasteiger partial charge on any atom is 0.338 e. The average Bonchev–Trinajstić information content (AvgIpc) is 3.14. The number of fused-ring (bicyclic) bond motifs is 1. The molecule has 1 aromatic heterocycles. The first-order valence-corrected chi connectivity index (χ1v) is 12.6. The van der Waals surface area contributed by atoms with Gasteiger partial charge in [0.2, 0.25) is 0 Å². The first-order valence-electron chi connectivity index (χ1n) is 10.7. The smallest absolute Gasteiger partial charge is 0.338 e. The van der Waals surface area contributed by atoms with Crippen LogP contribution in [-0.4, -0.2) is 31.4 Å². The van der Waals surface area contributed by atoms with Gasteiger partial charge in [0.25, 0.3) is 5.56 Å². The van der Waals surface area contributed by atoms with Crippen molar-refractivity contribution in [2.24, 2.45) is 4.99 Å². The number of methoxy groups -OCH3 is 2. The third-order valence-corrected chi connectivity index (χ3v) is 7.52. The maximum absolute atomic E-state index is 13.7. The third-order valence-electron chi connectivity index (χ3n) is 5.51. The van der Waals surface area contributed by atoms with Crippen molar-refractivity contribution in [2.75, 3.05) is 20.8 Å². The zero-order chi connectivity index (χ0) is 25.3. The van der Waals surface area contributed by atoms with Gasteiger partial charge < -0.3 is 14.2 Å². The van der Waals surface area contributed by atoms with Gasteiger partial charge in [-0.25, -0.2) is 9.79 Å². The van der Waals surface area contributed by atoms with Crippen LogP contribution >= 0.6 is 38.9 Å². The third kappa shape index (κ3) is 4.68. The Morgan fingerprint density at radius 3 is 2.57 bits per heavy atom. The highest BCUT2D eigenvalue weighted by Gasteiger charge is 2.35. The number of hydrogen-bond acceptors (Lipinski definition) is 7. The number of carbonyl (C=O) groups excluding carboxylic acids is 1. The van der Waals surface area contributed by atoms with Crippen molar-refractivity contribution in [3.05, 3.63) is 88.0 Å². The van der Waals surface area contributed by atoms with E-state index < -0.39 is 12.0 Å². The predicted octanol–water partition coefficient (Wildman–Crippen LogP) is 4.23. The van der Waals surface area contributed by atoms with Crippen LogP contribution in [0.5, 0.6) is 11.5 Å². The fraction of sp³-hybridized carbons (Fsp3) is 0.240. The van der Waals surface area contributed by atoms with Gasteiger partial charge >= 0.3 is 5.97 Å². The van der Waals surface area contributed by atoms with Gasteiger partial charge in [-0.05, 0) is 49.2 Å². The zero-order valence-electron chi connectivity index (χ0n) is 19.4. The van der Waals surface area contributed by atoms with Crippen molar-refractivity contribution >= 4 is 50.9 Å². The number of rotatable bonds is 6. The predicted molar refractivity (Wildman–Crippen MR) is 139 cm³/mol. The van der Waals surface area contributed by atoms with Crippen LogP contribution in [0.25, 0.3) is 6.08 Å². The monoisotopic (exact) mass is 576 g/mol. The van der Waals surface area contributed by atoms with Crippen LogP contribution in [0.15, 0.2) is 61.9 Å². The van der Waals surface area contributed by atoms with Crippen molar-refractivity contribution in [3.63, 3.8) is 0 Å². The number of aromatic nitrogens is 1.